The van der Waals surface area contributed by atoms with Gasteiger partial charge in [-0.1, -0.05) is 42.3 Å². The Morgan fingerprint density at radius 1 is 1.11 bits per heavy atom. The van der Waals surface area contributed by atoms with Gasteiger partial charge in [0.25, 0.3) is 0 Å². The summed E-state index contributed by atoms with van der Waals surface area (Å²) in [5.41, 5.74) is 1.52. The lowest BCUT2D eigenvalue weighted by molar-refractivity contribution is 0.0338. The first-order valence-corrected chi connectivity index (χ1v) is 11.2. The van der Waals surface area contributed by atoms with Crippen molar-refractivity contribution in [3.8, 4) is 0 Å². The van der Waals surface area contributed by atoms with Gasteiger partial charge < -0.3 is 4.74 Å². The molecule has 0 unspecified atom stereocenters. The third-order valence-electron chi connectivity index (χ3n) is 4.98. The van der Waals surface area contributed by atoms with Crippen LogP contribution in [-0.2, 0) is 14.8 Å². The minimum atomic E-state index is -3.63. The molecule has 2 aromatic rings. The highest BCUT2D eigenvalue weighted by atomic mass is 35.5. The molecule has 7 heteroatoms. The third-order valence-corrected chi connectivity index (χ3v) is 7.37. The van der Waals surface area contributed by atoms with Crippen molar-refractivity contribution >= 4 is 27.6 Å². The highest BCUT2D eigenvalue weighted by Crippen LogP contribution is 2.28. The molecule has 0 bridgehead atoms. The molecule has 150 valence electrons. The van der Waals surface area contributed by atoms with Crippen molar-refractivity contribution in [2.75, 3.05) is 13.1 Å². The van der Waals surface area contributed by atoms with Crippen LogP contribution in [0.1, 0.15) is 53.8 Å². The van der Waals surface area contributed by atoms with E-state index in [1.54, 1.807) is 44.2 Å². The smallest absolute Gasteiger partial charge is 0.338 e. The SMILES string of the molecule is Cc1ccc(C(=O)O[C@H](C)c2ccccc2Cl)cc1S(=O)(=O)N1CCCCC1. The first-order valence-electron chi connectivity index (χ1n) is 9.37. The number of hydrogen-bond acceptors (Lipinski definition) is 4. The maximum Gasteiger partial charge on any atom is 0.338 e. The molecule has 1 aliphatic rings. The number of hydrogen-bond donors (Lipinski definition) is 0. The van der Waals surface area contributed by atoms with E-state index in [2.05, 4.69) is 0 Å². The van der Waals surface area contributed by atoms with Crippen molar-refractivity contribution in [2.24, 2.45) is 0 Å². The van der Waals surface area contributed by atoms with Crippen molar-refractivity contribution in [3.05, 3.63) is 64.2 Å². The Labute approximate surface area is 171 Å². The second-order valence-electron chi connectivity index (χ2n) is 7.01. The third kappa shape index (κ3) is 4.40. The molecule has 0 saturated carbocycles. The number of carbonyl (C=O) groups is 1. The maximum atomic E-state index is 13.0. The Morgan fingerprint density at radius 2 is 1.79 bits per heavy atom. The topological polar surface area (TPSA) is 63.7 Å². The van der Waals surface area contributed by atoms with Crippen molar-refractivity contribution in [2.45, 2.75) is 44.1 Å². The normalized spacial score (nSPS) is 16.5. The van der Waals surface area contributed by atoms with Gasteiger partial charge in [0.05, 0.1) is 10.5 Å². The zero-order valence-electron chi connectivity index (χ0n) is 16.0. The number of aryl methyl sites for hydroxylation is 1. The zero-order chi connectivity index (χ0) is 20.3. The van der Waals surface area contributed by atoms with Gasteiger partial charge in [-0.05, 0) is 50.5 Å². The van der Waals surface area contributed by atoms with E-state index in [9.17, 15) is 13.2 Å². The Morgan fingerprint density at radius 3 is 2.46 bits per heavy atom. The van der Waals surface area contributed by atoms with Crippen LogP contribution < -0.4 is 0 Å². The van der Waals surface area contributed by atoms with E-state index < -0.39 is 22.1 Å². The van der Waals surface area contributed by atoms with E-state index in [0.717, 1.165) is 19.3 Å². The van der Waals surface area contributed by atoms with Crippen molar-refractivity contribution in [1.82, 2.24) is 4.31 Å². The number of benzene rings is 2. The van der Waals surface area contributed by atoms with Crippen LogP contribution in [0, 0.1) is 6.92 Å². The van der Waals surface area contributed by atoms with Gasteiger partial charge in [-0.3, -0.25) is 0 Å². The summed E-state index contributed by atoms with van der Waals surface area (Å²) in [6, 6.07) is 11.8. The lowest BCUT2D eigenvalue weighted by atomic mass is 10.1. The summed E-state index contributed by atoms with van der Waals surface area (Å²) in [6.45, 7) is 4.50. The summed E-state index contributed by atoms with van der Waals surface area (Å²) in [7, 11) is -3.63. The fraction of sp³-hybridized carbons (Fsp3) is 0.381. The van der Waals surface area contributed by atoms with Crippen LogP contribution in [-0.4, -0.2) is 31.8 Å². The van der Waals surface area contributed by atoms with Crippen LogP contribution in [0.4, 0.5) is 0 Å². The Balaban J connectivity index is 1.84. The molecular formula is C21H24ClNO4S. The van der Waals surface area contributed by atoms with Crippen LogP contribution >= 0.6 is 11.6 Å². The summed E-state index contributed by atoms with van der Waals surface area (Å²) in [4.78, 5) is 12.8. The summed E-state index contributed by atoms with van der Waals surface area (Å²) < 4.78 is 33.1. The summed E-state index contributed by atoms with van der Waals surface area (Å²) in [5, 5.41) is 0.514. The minimum Gasteiger partial charge on any atom is -0.454 e. The second kappa shape index (κ2) is 8.64. The van der Waals surface area contributed by atoms with E-state index in [1.165, 1.54) is 10.4 Å². The molecule has 0 aliphatic carbocycles. The molecule has 0 N–H and O–H groups in total. The molecule has 5 nitrogen and oxygen atoms in total. The highest BCUT2D eigenvalue weighted by molar-refractivity contribution is 7.89. The van der Waals surface area contributed by atoms with E-state index >= 15 is 0 Å². The average Bonchev–Trinajstić information content (AvgIpc) is 2.69. The van der Waals surface area contributed by atoms with Gasteiger partial charge in [0.15, 0.2) is 0 Å². The fourth-order valence-electron chi connectivity index (χ4n) is 3.35. The van der Waals surface area contributed by atoms with Gasteiger partial charge in [-0.15, -0.1) is 0 Å². The average molecular weight is 422 g/mol. The van der Waals surface area contributed by atoms with E-state index in [-0.39, 0.29) is 10.5 Å². The fourth-order valence-corrected chi connectivity index (χ4v) is 5.40. The monoisotopic (exact) mass is 421 g/mol. The predicted molar refractivity (Wildman–Crippen MR) is 109 cm³/mol. The van der Waals surface area contributed by atoms with Crippen molar-refractivity contribution in [1.29, 1.82) is 0 Å². The van der Waals surface area contributed by atoms with Gasteiger partial charge in [0.1, 0.15) is 6.10 Å². The number of ether oxygens (including phenoxy) is 1. The van der Waals surface area contributed by atoms with Gasteiger partial charge >= 0.3 is 5.97 Å². The van der Waals surface area contributed by atoms with E-state index in [0.29, 0.717) is 29.2 Å². The molecule has 0 aromatic heterocycles. The molecule has 0 radical (unpaired) electrons. The number of esters is 1. The number of sulfonamides is 1. The summed E-state index contributed by atoms with van der Waals surface area (Å²) in [5.74, 6) is -0.581. The standard InChI is InChI=1S/C21H24ClNO4S/c1-15-10-11-17(14-20(15)28(25,26)23-12-6-3-7-13-23)21(24)27-16(2)18-8-4-5-9-19(18)22/h4-5,8-11,14,16H,3,6-7,12-13H2,1-2H3/t16-/m1/s1. The molecule has 28 heavy (non-hydrogen) atoms. The van der Waals surface area contributed by atoms with Crippen LogP contribution in [0.15, 0.2) is 47.4 Å². The van der Waals surface area contributed by atoms with Crippen molar-refractivity contribution in [3.63, 3.8) is 0 Å². The lowest BCUT2D eigenvalue weighted by Gasteiger charge is -2.26. The van der Waals surface area contributed by atoms with E-state index in [1.807, 2.05) is 6.07 Å². The molecule has 3 rings (SSSR count). The molecule has 1 aliphatic heterocycles. The first-order chi connectivity index (χ1) is 13.3. The molecule has 1 heterocycles. The van der Waals surface area contributed by atoms with Crippen molar-refractivity contribution < 1.29 is 17.9 Å². The molecule has 1 saturated heterocycles. The van der Waals surface area contributed by atoms with Gasteiger partial charge in [-0.2, -0.15) is 4.31 Å². The molecule has 0 amide bonds. The van der Waals surface area contributed by atoms with Crippen LogP contribution in [0.25, 0.3) is 0 Å². The summed E-state index contributed by atoms with van der Waals surface area (Å²) >= 11 is 6.16. The van der Waals surface area contributed by atoms with Gasteiger partial charge in [-0.25, -0.2) is 13.2 Å². The number of carbonyl (C=O) groups excluding carboxylic acids is 1. The van der Waals surface area contributed by atoms with Gasteiger partial charge in [0.2, 0.25) is 10.0 Å². The largest absolute Gasteiger partial charge is 0.454 e. The van der Waals surface area contributed by atoms with Gasteiger partial charge in [0, 0.05) is 23.7 Å². The zero-order valence-corrected chi connectivity index (χ0v) is 17.6. The quantitative estimate of drug-likeness (QED) is 0.654. The van der Waals surface area contributed by atoms with Crippen LogP contribution in [0.5, 0.6) is 0 Å². The first kappa shape index (κ1) is 20.8. The summed E-state index contributed by atoms with van der Waals surface area (Å²) in [6.07, 6.45) is 2.20. The Bertz CT molecular complexity index is 968. The Kier molecular flexibility index (Phi) is 6.43. The minimum absolute atomic E-state index is 0.161. The molecular weight excluding hydrogens is 398 g/mol. The predicted octanol–water partition coefficient (Wildman–Crippen LogP) is 4.74. The highest BCUT2D eigenvalue weighted by Gasteiger charge is 2.28. The number of halogens is 1. The Hall–Kier alpha value is -1.89. The van der Waals surface area contributed by atoms with Crippen LogP contribution in [0.3, 0.4) is 0 Å². The maximum absolute atomic E-state index is 13.0. The van der Waals surface area contributed by atoms with Crippen LogP contribution in [0.2, 0.25) is 5.02 Å². The molecule has 1 fully saturated rings. The molecule has 1 atom stereocenters. The molecule has 2 aromatic carbocycles. The molecule has 0 spiro atoms. The number of piperidine rings is 1. The number of nitrogens with zero attached hydrogens (tertiary/aromatic N) is 1. The lowest BCUT2D eigenvalue weighted by Crippen LogP contribution is -2.36. The van der Waals surface area contributed by atoms with E-state index in [4.69, 9.17) is 16.3 Å². The second-order valence-corrected chi connectivity index (χ2v) is 9.33. The number of rotatable bonds is 5.